The zero-order valence-corrected chi connectivity index (χ0v) is 14.1. The van der Waals surface area contributed by atoms with E-state index >= 15 is 0 Å². The van der Waals surface area contributed by atoms with Gasteiger partial charge in [-0.05, 0) is 29.2 Å². The molecule has 0 aliphatic rings. The van der Waals surface area contributed by atoms with E-state index in [1.807, 2.05) is 57.6 Å². The van der Waals surface area contributed by atoms with Gasteiger partial charge in [0.15, 0.2) is 5.76 Å². The molecular formula is C19H21N3O2. The average Bonchev–Trinajstić information content (AvgIpc) is 3.22. The number of amides is 1. The molecule has 0 radical (unpaired) electrons. The van der Waals surface area contributed by atoms with Crippen molar-refractivity contribution in [3.05, 3.63) is 65.9 Å². The molecule has 0 aliphatic carbocycles. The third kappa shape index (κ3) is 3.40. The van der Waals surface area contributed by atoms with Crippen molar-refractivity contribution in [3.8, 4) is 11.1 Å². The first kappa shape index (κ1) is 16.1. The Hall–Kier alpha value is -2.82. The molecule has 3 aromatic rings. The first-order valence-electron chi connectivity index (χ1n) is 7.98. The smallest absolute Gasteiger partial charge is 0.287 e. The number of hydrogen-bond acceptors (Lipinski definition) is 3. The molecule has 0 fully saturated rings. The minimum absolute atomic E-state index is 0.185. The molecule has 0 bridgehead atoms. The van der Waals surface area contributed by atoms with Crippen LogP contribution in [0.2, 0.25) is 0 Å². The van der Waals surface area contributed by atoms with Gasteiger partial charge in [0.05, 0.1) is 12.5 Å². The fourth-order valence-corrected chi connectivity index (χ4v) is 2.65. The van der Waals surface area contributed by atoms with Crippen molar-refractivity contribution in [2.45, 2.75) is 26.3 Å². The predicted octanol–water partition coefficient (Wildman–Crippen LogP) is 3.73. The van der Waals surface area contributed by atoms with Crippen LogP contribution >= 0.6 is 0 Å². The molecule has 24 heavy (non-hydrogen) atoms. The highest BCUT2D eigenvalue weighted by Gasteiger charge is 2.17. The van der Waals surface area contributed by atoms with Crippen LogP contribution in [0, 0.1) is 0 Å². The molecule has 0 unspecified atom stereocenters. The summed E-state index contributed by atoms with van der Waals surface area (Å²) in [6.45, 7) is 4.53. The molecule has 0 spiro atoms. The summed E-state index contributed by atoms with van der Waals surface area (Å²) in [6, 6.07) is 9.92. The molecule has 3 rings (SSSR count). The monoisotopic (exact) mass is 323 g/mol. The van der Waals surface area contributed by atoms with Gasteiger partial charge in [-0.25, -0.2) is 0 Å². The summed E-state index contributed by atoms with van der Waals surface area (Å²) in [4.78, 5) is 12.3. The maximum atomic E-state index is 12.3. The van der Waals surface area contributed by atoms with Gasteiger partial charge in [0.2, 0.25) is 0 Å². The molecule has 2 heterocycles. The summed E-state index contributed by atoms with van der Waals surface area (Å²) in [6.07, 6.45) is 5.36. The first-order chi connectivity index (χ1) is 11.5. The Morgan fingerprint density at radius 2 is 2.12 bits per heavy atom. The Balaban J connectivity index is 1.71. The van der Waals surface area contributed by atoms with Gasteiger partial charge in [-0.3, -0.25) is 9.48 Å². The minimum Gasteiger partial charge on any atom is -0.459 e. The Kier molecular flexibility index (Phi) is 4.51. The van der Waals surface area contributed by atoms with Crippen molar-refractivity contribution in [1.29, 1.82) is 0 Å². The zero-order valence-electron chi connectivity index (χ0n) is 14.1. The van der Waals surface area contributed by atoms with E-state index in [0.717, 1.165) is 22.3 Å². The Bertz CT molecular complexity index is 846. The van der Waals surface area contributed by atoms with Crippen molar-refractivity contribution in [1.82, 2.24) is 15.1 Å². The maximum absolute atomic E-state index is 12.3. The van der Waals surface area contributed by atoms with E-state index in [9.17, 15) is 4.79 Å². The van der Waals surface area contributed by atoms with Crippen LogP contribution in [-0.2, 0) is 13.6 Å². The lowest BCUT2D eigenvalue weighted by Crippen LogP contribution is -2.23. The zero-order chi connectivity index (χ0) is 17.1. The van der Waals surface area contributed by atoms with Gasteiger partial charge in [-0.15, -0.1) is 0 Å². The Morgan fingerprint density at radius 1 is 1.29 bits per heavy atom. The van der Waals surface area contributed by atoms with Gasteiger partial charge in [0.1, 0.15) is 0 Å². The van der Waals surface area contributed by atoms with E-state index in [4.69, 9.17) is 4.42 Å². The van der Waals surface area contributed by atoms with Crippen LogP contribution in [0.3, 0.4) is 0 Å². The summed E-state index contributed by atoms with van der Waals surface area (Å²) < 4.78 is 7.12. The SMILES string of the molecule is CC(C)c1ccoc1C(=O)NCc1cccc(-c2cnn(C)c2)c1. The van der Waals surface area contributed by atoms with Gasteiger partial charge in [0.25, 0.3) is 5.91 Å². The second-order valence-corrected chi connectivity index (χ2v) is 6.15. The quantitative estimate of drug-likeness (QED) is 0.778. The minimum atomic E-state index is -0.185. The summed E-state index contributed by atoms with van der Waals surface area (Å²) in [5.41, 5.74) is 4.09. The van der Waals surface area contributed by atoms with Gasteiger partial charge in [-0.1, -0.05) is 32.0 Å². The highest BCUT2D eigenvalue weighted by atomic mass is 16.3. The number of carbonyl (C=O) groups excluding carboxylic acids is 1. The van der Waals surface area contributed by atoms with Crippen molar-refractivity contribution in [2.75, 3.05) is 0 Å². The molecule has 0 atom stereocenters. The maximum Gasteiger partial charge on any atom is 0.287 e. The lowest BCUT2D eigenvalue weighted by molar-refractivity contribution is 0.0921. The fraction of sp³-hybridized carbons (Fsp3) is 0.263. The second-order valence-electron chi connectivity index (χ2n) is 6.15. The predicted molar refractivity (Wildman–Crippen MR) is 92.6 cm³/mol. The van der Waals surface area contributed by atoms with E-state index in [-0.39, 0.29) is 11.8 Å². The molecule has 0 aliphatic heterocycles. The van der Waals surface area contributed by atoms with Crippen molar-refractivity contribution in [2.24, 2.45) is 7.05 Å². The summed E-state index contributed by atoms with van der Waals surface area (Å²) in [5, 5.41) is 7.12. The number of benzene rings is 1. The van der Waals surface area contributed by atoms with E-state index in [1.165, 1.54) is 0 Å². The Morgan fingerprint density at radius 3 is 2.83 bits per heavy atom. The lowest BCUT2D eigenvalue weighted by Gasteiger charge is -2.08. The van der Waals surface area contributed by atoms with E-state index in [2.05, 4.69) is 16.5 Å². The van der Waals surface area contributed by atoms with Crippen molar-refractivity contribution in [3.63, 3.8) is 0 Å². The standard InChI is InChI=1S/C19H21N3O2/c1-13(2)17-7-8-24-18(17)19(23)20-10-14-5-4-6-15(9-14)16-11-21-22(3)12-16/h4-9,11-13H,10H2,1-3H3,(H,20,23). The number of carbonyl (C=O) groups is 1. The van der Waals surface area contributed by atoms with Crippen LogP contribution in [0.15, 0.2) is 53.4 Å². The number of furan rings is 1. The highest BCUT2D eigenvalue weighted by Crippen LogP contribution is 2.21. The number of nitrogens with one attached hydrogen (secondary N) is 1. The van der Waals surface area contributed by atoms with Gasteiger partial charge < -0.3 is 9.73 Å². The van der Waals surface area contributed by atoms with Crippen LogP contribution in [0.4, 0.5) is 0 Å². The van der Waals surface area contributed by atoms with Crippen molar-refractivity contribution < 1.29 is 9.21 Å². The summed E-state index contributed by atoms with van der Waals surface area (Å²) >= 11 is 0. The summed E-state index contributed by atoms with van der Waals surface area (Å²) in [5.74, 6) is 0.460. The lowest BCUT2D eigenvalue weighted by atomic mass is 10.0. The third-order valence-electron chi connectivity index (χ3n) is 3.94. The number of hydrogen-bond donors (Lipinski definition) is 1. The van der Waals surface area contributed by atoms with Crippen molar-refractivity contribution >= 4 is 5.91 Å². The first-order valence-corrected chi connectivity index (χ1v) is 7.98. The van der Waals surface area contributed by atoms with Gasteiger partial charge in [0, 0.05) is 30.9 Å². The fourth-order valence-electron chi connectivity index (χ4n) is 2.65. The molecular weight excluding hydrogens is 302 g/mol. The highest BCUT2D eigenvalue weighted by molar-refractivity contribution is 5.93. The van der Waals surface area contributed by atoms with Gasteiger partial charge in [-0.2, -0.15) is 5.10 Å². The normalized spacial score (nSPS) is 11.0. The number of aromatic nitrogens is 2. The van der Waals surface area contributed by atoms with Gasteiger partial charge >= 0.3 is 0 Å². The Labute approximate surface area is 141 Å². The number of aryl methyl sites for hydroxylation is 1. The topological polar surface area (TPSA) is 60.1 Å². The number of rotatable bonds is 5. The largest absolute Gasteiger partial charge is 0.459 e. The van der Waals surface area contributed by atoms with Crippen LogP contribution in [0.1, 0.15) is 41.4 Å². The van der Waals surface area contributed by atoms with Crippen LogP contribution in [-0.4, -0.2) is 15.7 Å². The molecule has 1 aromatic carbocycles. The van der Waals surface area contributed by atoms with Crippen LogP contribution < -0.4 is 5.32 Å². The third-order valence-corrected chi connectivity index (χ3v) is 3.94. The molecule has 124 valence electrons. The van der Waals surface area contributed by atoms with E-state index in [1.54, 1.807) is 10.9 Å². The van der Waals surface area contributed by atoms with Crippen LogP contribution in [0.25, 0.3) is 11.1 Å². The van der Waals surface area contributed by atoms with E-state index in [0.29, 0.717) is 12.3 Å². The molecule has 0 saturated heterocycles. The number of nitrogens with zero attached hydrogens (tertiary/aromatic N) is 2. The molecule has 1 N–H and O–H groups in total. The van der Waals surface area contributed by atoms with E-state index < -0.39 is 0 Å². The molecule has 1 amide bonds. The second kappa shape index (κ2) is 6.74. The molecule has 2 aromatic heterocycles. The molecule has 5 nitrogen and oxygen atoms in total. The molecule has 0 saturated carbocycles. The molecule has 5 heteroatoms. The average molecular weight is 323 g/mol. The van der Waals surface area contributed by atoms with Crippen LogP contribution in [0.5, 0.6) is 0 Å². The summed E-state index contributed by atoms with van der Waals surface area (Å²) in [7, 11) is 1.89.